The first kappa shape index (κ1) is 21.9. The van der Waals surface area contributed by atoms with Gasteiger partial charge in [0.2, 0.25) is 5.96 Å². The predicted octanol–water partition coefficient (Wildman–Crippen LogP) is 2.32. The minimum atomic E-state index is -0.562. The van der Waals surface area contributed by atoms with Crippen molar-refractivity contribution in [1.82, 2.24) is 9.38 Å². The monoisotopic (exact) mass is 439 g/mol. The average molecular weight is 440 g/mol. The third-order valence-corrected chi connectivity index (χ3v) is 4.91. The van der Waals surface area contributed by atoms with E-state index in [2.05, 4.69) is 9.98 Å². The zero-order valence-corrected chi connectivity index (χ0v) is 17.3. The number of rotatable bonds is 5. The molecule has 3 aromatic rings. The maximum Gasteiger partial charge on any atom is 0.314 e. The summed E-state index contributed by atoms with van der Waals surface area (Å²) < 4.78 is 12.3. The van der Waals surface area contributed by atoms with Gasteiger partial charge in [-0.05, 0) is 6.92 Å². The maximum absolute atomic E-state index is 11.3. The first-order valence-corrected chi connectivity index (χ1v) is 8.72. The molecule has 0 atom stereocenters. The molecule has 0 unspecified atom stereocenters. The van der Waals surface area contributed by atoms with E-state index in [1.165, 1.54) is 37.7 Å². The van der Waals surface area contributed by atoms with Crippen LogP contribution in [0.2, 0.25) is 0 Å². The van der Waals surface area contributed by atoms with Gasteiger partial charge in [0.25, 0.3) is 0 Å². The van der Waals surface area contributed by atoms with Crippen molar-refractivity contribution in [3.63, 3.8) is 0 Å². The summed E-state index contributed by atoms with van der Waals surface area (Å²) in [4.78, 5) is 19.8. The molecule has 1 aromatic carbocycles. The van der Waals surface area contributed by atoms with Crippen molar-refractivity contribution >= 4 is 46.2 Å². The molecule has 0 spiro atoms. The van der Waals surface area contributed by atoms with Gasteiger partial charge in [-0.15, -0.1) is 23.7 Å². The molecule has 13 heteroatoms. The molecule has 0 aliphatic heterocycles. The minimum Gasteiger partial charge on any atom is -0.496 e. The number of fused-ring (bicyclic) bond motifs is 1. The van der Waals surface area contributed by atoms with E-state index in [4.69, 9.17) is 26.4 Å². The van der Waals surface area contributed by atoms with Crippen LogP contribution in [-0.4, -0.2) is 40.3 Å². The molecule has 29 heavy (non-hydrogen) atoms. The number of imidazole rings is 1. The van der Waals surface area contributed by atoms with Crippen molar-refractivity contribution in [2.45, 2.75) is 6.92 Å². The summed E-state index contributed by atoms with van der Waals surface area (Å²) in [6, 6.07) is 2.72. The van der Waals surface area contributed by atoms with Gasteiger partial charge in [0.1, 0.15) is 17.1 Å². The Hall–Kier alpha value is -3.38. The van der Waals surface area contributed by atoms with Gasteiger partial charge in [-0.2, -0.15) is 4.99 Å². The lowest BCUT2D eigenvalue weighted by Gasteiger charge is -2.11. The van der Waals surface area contributed by atoms with Crippen LogP contribution in [0.4, 0.5) is 5.69 Å². The maximum atomic E-state index is 11.3. The van der Waals surface area contributed by atoms with Crippen LogP contribution in [0.25, 0.3) is 16.2 Å². The van der Waals surface area contributed by atoms with E-state index in [1.807, 2.05) is 12.3 Å². The normalized spacial score (nSPS) is 11.2. The molecule has 5 N–H and O–H groups in total. The van der Waals surface area contributed by atoms with Gasteiger partial charge < -0.3 is 20.9 Å². The van der Waals surface area contributed by atoms with E-state index >= 15 is 0 Å². The van der Waals surface area contributed by atoms with Gasteiger partial charge in [0.05, 0.1) is 25.2 Å². The SMILES string of the molecule is COc1cc([N+](=O)[O-])c(OC)cc1-c1nc2scc(C)n2c1/C(N)=N/C(=N)N.Cl. The summed E-state index contributed by atoms with van der Waals surface area (Å²) in [7, 11) is 2.73. The molecule has 11 nitrogen and oxygen atoms in total. The molecule has 2 heterocycles. The second-order valence-corrected chi connectivity index (χ2v) is 6.50. The number of nitro benzene ring substituents is 1. The average Bonchev–Trinajstić information content (AvgIpc) is 3.19. The third kappa shape index (κ3) is 3.79. The van der Waals surface area contributed by atoms with Gasteiger partial charge in [0.15, 0.2) is 16.5 Å². The Morgan fingerprint density at radius 1 is 1.31 bits per heavy atom. The fourth-order valence-corrected chi connectivity index (χ4v) is 3.68. The number of aliphatic imine (C=N–C) groups is 1. The molecule has 0 saturated carbocycles. The van der Waals surface area contributed by atoms with Crippen molar-refractivity contribution in [2.75, 3.05) is 14.2 Å². The number of guanidine groups is 1. The van der Waals surface area contributed by atoms with Crippen LogP contribution in [0, 0.1) is 22.4 Å². The number of benzene rings is 1. The van der Waals surface area contributed by atoms with Crippen molar-refractivity contribution in [3.05, 3.63) is 39.0 Å². The summed E-state index contributed by atoms with van der Waals surface area (Å²) in [5.41, 5.74) is 13.3. The Morgan fingerprint density at radius 3 is 2.52 bits per heavy atom. The van der Waals surface area contributed by atoms with Gasteiger partial charge in [-0.3, -0.25) is 19.9 Å². The van der Waals surface area contributed by atoms with E-state index in [0.717, 1.165) is 5.69 Å². The summed E-state index contributed by atoms with van der Waals surface area (Å²) in [6.07, 6.45) is 0. The molecule has 154 valence electrons. The lowest BCUT2D eigenvalue weighted by atomic mass is 10.1. The fraction of sp³-hybridized carbons (Fsp3) is 0.188. The highest BCUT2D eigenvalue weighted by Crippen LogP contribution is 2.41. The second kappa shape index (κ2) is 8.32. The smallest absolute Gasteiger partial charge is 0.314 e. The number of amidine groups is 1. The van der Waals surface area contributed by atoms with Crippen molar-refractivity contribution in [1.29, 1.82) is 5.41 Å². The molecule has 0 aliphatic carbocycles. The molecule has 2 aromatic heterocycles. The highest BCUT2D eigenvalue weighted by atomic mass is 35.5. The summed E-state index contributed by atoms with van der Waals surface area (Å²) >= 11 is 1.39. The van der Waals surface area contributed by atoms with E-state index in [1.54, 1.807) is 4.40 Å². The standard InChI is InChI=1S/C16H17N7O4S.ClH/c1-7-6-28-16-20-12(13(22(7)16)14(17)21-15(18)19)8-4-11(27-3)9(23(24)25)5-10(8)26-2;/h4-6H,1-3H3,(H5,17,18,19,21);1H. The quantitative estimate of drug-likeness (QED) is 0.237. The van der Waals surface area contributed by atoms with Crippen LogP contribution in [0.5, 0.6) is 11.5 Å². The van der Waals surface area contributed by atoms with Crippen molar-refractivity contribution < 1.29 is 14.4 Å². The highest BCUT2D eigenvalue weighted by Gasteiger charge is 2.26. The van der Waals surface area contributed by atoms with Gasteiger partial charge >= 0.3 is 5.69 Å². The number of methoxy groups -OCH3 is 2. The molecular formula is C16H18ClN7O4S. The van der Waals surface area contributed by atoms with Gasteiger partial charge in [-0.25, -0.2) is 4.98 Å². The van der Waals surface area contributed by atoms with Crippen LogP contribution in [0.15, 0.2) is 22.5 Å². The number of aryl methyl sites for hydroxylation is 1. The number of halogens is 1. The summed E-state index contributed by atoms with van der Waals surface area (Å²) in [5.74, 6) is -0.218. The number of ether oxygens (including phenoxy) is 2. The summed E-state index contributed by atoms with van der Waals surface area (Å²) in [6.45, 7) is 1.87. The number of nitro groups is 1. The lowest BCUT2D eigenvalue weighted by molar-refractivity contribution is -0.385. The third-order valence-electron chi connectivity index (χ3n) is 3.97. The Bertz CT molecular complexity index is 1140. The zero-order chi connectivity index (χ0) is 20.6. The number of nitrogens with one attached hydrogen (secondary N) is 1. The summed E-state index contributed by atoms with van der Waals surface area (Å²) in [5, 5.41) is 20.6. The van der Waals surface area contributed by atoms with E-state index in [-0.39, 0.29) is 35.4 Å². The molecule has 0 aliphatic rings. The Kier molecular flexibility index (Phi) is 6.29. The Morgan fingerprint density at radius 2 is 1.97 bits per heavy atom. The fourth-order valence-electron chi connectivity index (χ4n) is 2.81. The number of thiazole rings is 1. The van der Waals surface area contributed by atoms with Crippen molar-refractivity contribution in [2.24, 2.45) is 16.5 Å². The van der Waals surface area contributed by atoms with Crippen LogP contribution >= 0.6 is 23.7 Å². The molecule has 0 radical (unpaired) electrons. The largest absolute Gasteiger partial charge is 0.496 e. The molecule has 0 saturated heterocycles. The molecule has 0 amide bonds. The Balaban J connectivity index is 0.00000300. The van der Waals surface area contributed by atoms with Gasteiger partial charge in [-0.1, -0.05) is 0 Å². The topological polar surface area (TPSA) is 167 Å². The predicted molar refractivity (Wildman–Crippen MR) is 113 cm³/mol. The van der Waals surface area contributed by atoms with Crippen LogP contribution in [0.3, 0.4) is 0 Å². The van der Waals surface area contributed by atoms with E-state index in [9.17, 15) is 10.1 Å². The van der Waals surface area contributed by atoms with Crippen molar-refractivity contribution in [3.8, 4) is 22.8 Å². The van der Waals surface area contributed by atoms with Crippen LogP contribution < -0.4 is 20.9 Å². The minimum absolute atomic E-state index is 0. The number of nitrogens with zero attached hydrogens (tertiary/aromatic N) is 4. The van der Waals surface area contributed by atoms with E-state index < -0.39 is 10.9 Å². The number of hydrogen-bond donors (Lipinski definition) is 3. The second-order valence-electron chi connectivity index (χ2n) is 5.67. The van der Waals surface area contributed by atoms with Crippen LogP contribution in [-0.2, 0) is 0 Å². The number of hydrogen-bond acceptors (Lipinski definition) is 7. The molecule has 3 rings (SSSR count). The Labute approximate surface area is 175 Å². The first-order chi connectivity index (χ1) is 13.3. The highest BCUT2D eigenvalue weighted by molar-refractivity contribution is 7.15. The number of aromatic nitrogens is 2. The molecule has 0 fully saturated rings. The van der Waals surface area contributed by atoms with Gasteiger partial charge in [0, 0.05) is 22.7 Å². The molecule has 0 bridgehead atoms. The number of nitrogens with two attached hydrogens (primary N) is 2. The first-order valence-electron chi connectivity index (χ1n) is 7.84. The lowest BCUT2D eigenvalue weighted by Crippen LogP contribution is -2.21. The molecular weight excluding hydrogens is 422 g/mol. The van der Waals surface area contributed by atoms with Crippen LogP contribution in [0.1, 0.15) is 11.4 Å². The zero-order valence-electron chi connectivity index (χ0n) is 15.6. The van der Waals surface area contributed by atoms with E-state index in [0.29, 0.717) is 21.9 Å².